The van der Waals surface area contributed by atoms with E-state index in [1.54, 1.807) is 11.8 Å². The molecule has 0 saturated carbocycles. The second-order valence-electron chi connectivity index (χ2n) is 3.36. The Balaban J connectivity index is 2.49. The summed E-state index contributed by atoms with van der Waals surface area (Å²) >= 11 is 1.66. The van der Waals surface area contributed by atoms with E-state index in [-0.39, 0.29) is 0 Å². The summed E-state index contributed by atoms with van der Waals surface area (Å²) in [6.45, 7) is 5.38. The molecule has 13 heavy (non-hydrogen) atoms. The lowest BCUT2D eigenvalue weighted by Gasteiger charge is -2.08. The summed E-state index contributed by atoms with van der Waals surface area (Å²) in [4.78, 5) is 4.28. The van der Waals surface area contributed by atoms with Gasteiger partial charge in [-0.2, -0.15) is 0 Å². The maximum atomic E-state index is 4.28. The lowest BCUT2D eigenvalue weighted by Crippen LogP contribution is -2.07. The van der Waals surface area contributed by atoms with Crippen molar-refractivity contribution < 1.29 is 0 Å². The zero-order valence-electron chi connectivity index (χ0n) is 8.37. The Hall–Kier alpha value is -0.700. The molecule has 0 amide bonds. The smallest absolute Gasteiger partial charge is 0.0958 e. The lowest BCUT2D eigenvalue weighted by atomic mass is 10.2. The summed E-state index contributed by atoms with van der Waals surface area (Å²) < 4.78 is 0. The Morgan fingerprint density at radius 3 is 2.69 bits per heavy atom. The maximum Gasteiger partial charge on any atom is 0.0958 e. The number of pyridine rings is 1. The highest BCUT2D eigenvalue weighted by Gasteiger charge is 1.95. The van der Waals surface area contributed by atoms with Gasteiger partial charge in [-0.3, -0.25) is 0 Å². The van der Waals surface area contributed by atoms with E-state index in [1.165, 1.54) is 0 Å². The molecule has 72 valence electrons. The molecule has 0 fully saturated rings. The lowest BCUT2D eigenvalue weighted by molar-refractivity contribution is 0.688. The average Bonchev–Trinajstić information content (AvgIpc) is 2.15. The molecule has 0 unspecified atom stereocenters. The predicted octanol–water partition coefficient (Wildman–Crippen LogP) is 2.87. The van der Waals surface area contributed by atoms with Crippen molar-refractivity contribution in [3.63, 3.8) is 0 Å². The monoisotopic (exact) mass is 196 g/mol. The maximum absolute atomic E-state index is 4.28. The quantitative estimate of drug-likeness (QED) is 0.750. The van der Waals surface area contributed by atoms with Crippen LogP contribution >= 0.6 is 11.8 Å². The minimum Gasteiger partial charge on any atom is -0.384 e. The SMILES string of the molecule is CSc1ccc(NCC(C)C)cn1. The molecule has 0 radical (unpaired) electrons. The third-order valence-electron chi connectivity index (χ3n) is 1.66. The number of aromatic nitrogens is 1. The molecule has 0 atom stereocenters. The summed E-state index contributed by atoms with van der Waals surface area (Å²) in [6.07, 6.45) is 3.91. The second kappa shape index (κ2) is 5.12. The second-order valence-corrected chi connectivity index (χ2v) is 4.19. The molecule has 1 N–H and O–H groups in total. The van der Waals surface area contributed by atoms with E-state index in [2.05, 4.69) is 30.2 Å². The molecule has 2 nitrogen and oxygen atoms in total. The molecule has 1 rings (SSSR count). The Labute approximate surface area is 84.1 Å². The van der Waals surface area contributed by atoms with Crippen molar-refractivity contribution in [1.29, 1.82) is 0 Å². The van der Waals surface area contributed by atoms with Crippen molar-refractivity contribution in [2.24, 2.45) is 5.92 Å². The molecule has 0 saturated heterocycles. The van der Waals surface area contributed by atoms with Gasteiger partial charge in [0.25, 0.3) is 0 Å². The van der Waals surface area contributed by atoms with E-state index >= 15 is 0 Å². The number of nitrogens with one attached hydrogen (secondary N) is 1. The Morgan fingerprint density at radius 1 is 1.46 bits per heavy atom. The largest absolute Gasteiger partial charge is 0.384 e. The standard InChI is InChI=1S/C10H16N2S/c1-8(2)6-11-9-4-5-10(13-3)12-7-9/h4-5,7-8,11H,6H2,1-3H3. The van der Waals surface area contributed by atoms with Gasteiger partial charge in [0.2, 0.25) is 0 Å². The van der Waals surface area contributed by atoms with E-state index in [0.29, 0.717) is 5.92 Å². The molecule has 1 aromatic heterocycles. The summed E-state index contributed by atoms with van der Waals surface area (Å²) in [5, 5.41) is 4.39. The fraction of sp³-hybridized carbons (Fsp3) is 0.500. The number of hydrogen-bond donors (Lipinski definition) is 1. The van der Waals surface area contributed by atoms with Gasteiger partial charge < -0.3 is 5.32 Å². The number of rotatable bonds is 4. The molecule has 1 aromatic rings. The van der Waals surface area contributed by atoms with Crippen molar-refractivity contribution in [2.75, 3.05) is 18.1 Å². The van der Waals surface area contributed by atoms with E-state index in [9.17, 15) is 0 Å². The molecule has 3 heteroatoms. The van der Waals surface area contributed by atoms with Crippen LogP contribution in [0, 0.1) is 5.92 Å². The van der Waals surface area contributed by atoms with Crippen LogP contribution in [0.3, 0.4) is 0 Å². The van der Waals surface area contributed by atoms with E-state index in [4.69, 9.17) is 0 Å². The van der Waals surface area contributed by atoms with Gasteiger partial charge in [-0.05, 0) is 24.3 Å². The fourth-order valence-electron chi connectivity index (χ4n) is 0.928. The molecule has 0 bridgehead atoms. The molecule has 0 aliphatic carbocycles. The highest BCUT2D eigenvalue weighted by Crippen LogP contribution is 2.13. The van der Waals surface area contributed by atoms with E-state index < -0.39 is 0 Å². The van der Waals surface area contributed by atoms with E-state index in [1.807, 2.05) is 18.5 Å². The molecule has 0 aromatic carbocycles. The molecule has 0 aliphatic heterocycles. The third-order valence-corrected chi connectivity index (χ3v) is 2.32. The van der Waals surface area contributed by atoms with E-state index in [0.717, 1.165) is 17.3 Å². The molecule has 1 heterocycles. The van der Waals surface area contributed by atoms with Crippen LogP contribution in [-0.4, -0.2) is 17.8 Å². The van der Waals surface area contributed by atoms with Crippen molar-refractivity contribution in [1.82, 2.24) is 4.98 Å². The van der Waals surface area contributed by atoms with Crippen LogP contribution in [0.5, 0.6) is 0 Å². The van der Waals surface area contributed by atoms with Gasteiger partial charge in [0.1, 0.15) is 0 Å². The topological polar surface area (TPSA) is 24.9 Å². The first-order valence-corrected chi connectivity index (χ1v) is 5.68. The van der Waals surface area contributed by atoms with Crippen molar-refractivity contribution in [3.05, 3.63) is 18.3 Å². The Bertz CT molecular complexity index is 244. The summed E-state index contributed by atoms with van der Waals surface area (Å²) in [5.74, 6) is 0.667. The zero-order valence-corrected chi connectivity index (χ0v) is 9.19. The third kappa shape index (κ3) is 3.68. The van der Waals surface area contributed by atoms with Crippen LogP contribution in [0.2, 0.25) is 0 Å². The van der Waals surface area contributed by atoms with Crippen LogP contribution in [0.4, 0.5) is 5.69 Å². The molecular formula is C10H16N2S. The number of nitrogens with zero attached hydrogens (tertiary/aromatic N) is 1. The Morgan fingerprint density at radius 2 is 2.23 bits per heavy atom. The van der Waals surface area contributed by atoms with Gasteiger partial charge >= 0.3 is 0 Å². The number of thioether (sulfide) groups is 1. The van der Waals surface area contributed by atoms with Crippen LogP contribution in [0.15, 0.2) is 23.4 Å². The number of anilines is 1. The van der Waals surface area contributed by atoms with Gasteiger partial charge in [-0.1, -0.05) is 13.8 Å². The average molecular weight is 196 g/mol. The number of hydrogen-bond acceptors (Lipinski definition) is 3. The summed E-state index contributed by atoms with van der Waals surface area (Å²) in [6, 6.07) is 4.11. The first-order chi connectivity index (χ1) is 6.22. The van der Waals surface area contributed by atoms with Gasteiger partial charge in [-0.25, -0.2) is 4.98 Å². The van der Waals surface area contributed by atoms with Gasteiger partial charge in [0.05, 0.1) is 16.9 Å². The fourth-order valence-corrected chi connectivity index (χ4v) is 1.29. The summed E-state index contributed by atoms with van der Waals surface area (Å²) in [5.41, 5.74) is 1.10. The van der Waals surface area contributed by atoms with Crippen molar-refractivity contribution in [3.8, 4) is 0 Å². The van der Waals surface area contributed by atoms with Crippen LogP contribution < -0.4 is 5.32 Å². The molecule has 0 aliphatic rings. The van der Waals surface area contributed by atoms with Crippen LogP contribution in [0.1, 0.15) is 13.8 Å². The normalized spacial score (nSPS) is 10.5. The Kier molecular flexibility index (Phi) is 4.09. The predicted molar refractivity (Wildman–Crippen MR) is 59.3 cm³/mol. The zero-order chi connectivity index (χ0) is 9.68. The minimum atomic E-state index is 0.667. The highest BCUT2D eigenvalue weighted by atomic mass is 32.2. The van der Waals surface area contributed by atoms with Crippen molar-refractivity contribution >= 4 is 17.4 Å². The summed E-state index contributed by atoms with van der Waals surface area (Å²) in [7, 11) is 0. The van der Waals surface area contributed by atoms with Gasteiger partial charge in [0, 0.05) is 6.54 Å². The molecule has 0 spiro atoms. The van der Waals surface area contributed by atoms with Crippen LogP contribution in [-0.2, 0) is 0 Å². The van der Waals surface area contributed by atoms with Crippen LogP contribution in [0.25, 0.3) is 0 Å². The van der Waals surface area contributed by atoms with Gasteiger partial charge in [0.15, 0.2) is 0 Å². The first-order valence-electron chi connectivity index (χ1n) is 4.46. The van der Waals surface area contributed by atoms with Gasteiger partial charge in [-0.15, -0.1) is 11.8 Å². The molecular weight excluding hydrogens is 180 g/mol. The minimum absolute atomic E-state index is 0.667. The van der Waals surface area contributed by atoms with Crippen molar-refractivity contribution in [2.45, 2.75) is 18.9 Å². The first kappa shape index (κ1) is 10.4. The highest BCUT2D eigenvalue weighted by molar-refractivity contribution is 7.98.